The molecule has 0 aliphatic carbocycles. The third-order valence-electron chi connectivity index (χ3n) is 5.15. The average molecular weight is 440 g/mol. The molecule has 1 aromatic heterocycles. The van der Waals surface area contributed by atoms with Gasteiger partial charge in [0.15, 0.2) is 11.7 Å². The highest BCUT2D eigenvalue weighted by Crippen LogP contribution is 2.14. The first-order valence-electron chi connectivity index (χ1n) is 11.2. The summed E-state index contributed by atoms with van der Waals surface area (Å²) in [5.41, 5.74) is 1.81. The lowest BCUT2D eigenvalue weighted by Crippen LogP contribution is -2.53. The van der Waals surface area contributed by atoms with Crippen molar-refractivity contribution in [3.8, 4) is 0 Å². The van der Waals surface area contributed by atoms with E-state index in [0.717, 1.165) is 23.8 Å². The topological polar surface area (TPSA) is 90.2 Å². The Kier molecular flexibility index (Phi) is 8.30. The third-order valence-corrected chi connectivity index (χ3v) is 5.15. The Morgan fingerprint density at radius 2 is 1.84 bits per heavy atom. The molecule has 0 spiro atoms. The molecule has 0 radical (unpaired) electrons. The largest absolute Gasteiger partial charge is 0.459 e. The molecule has 2 amide bonds. The van der Waals surface area contributed by atoms with Crippen molar-refractivity contribution in [1.29, 1.82) is 0 Å². The maximum absolute atomic E-state index is 12.5. The minimum Gasteiger partial charge on any atom is -0.459 e. The Morgan fingerprint density at radius 3 is 2.50 bits per heavy atom. The van der Waals surface area contributed by atoms with E-state index in [1.165, 1.54) is 6.26 Å². The van der Waals surface area contributed by atoms with Gasteiger partial charge in [-0.2, -0.15) is 0 Å². The van der Waals surface area contributed by atoms with Gasteiger partial charge in [-0.15, -0.1) is 0 Å². The number of hydrogen-bond donors (Lipinski definition) is 2. The molecule has 0 saturated carbocycles. The van der Waals surface area contributed by atoms with Crippen molar-refractivity contribution in [2.24, 2.45) is 10.9 Å². The van der Waals surface area contributed by atoms with Crippen molar-refractivity contribution in [2.45, 2.75) is 33.7 Å². The first-order valence-corrected chi connectivity index (χ1v) is 11.2. The van der Waals surface area contributed by atoms with E-state index in [1.807, 2.05) is 49.9 Å². The second-order valence-corrected chi connectivity index (χ2v) is 8.27. The van der Waals surface area contributed by atoms with Gasteiger partial charge in [-0.05, 0) is 42.7 Å². The summed E-state index contributed by atoms with van der Waals surface area (Å²) in [6, 6.07) is 11.2. The number of benzene rings is 1. The fourth-order valence-electron chi connectivity index (χ4n) is 3.60. The van der Waals surface area contributed by atoms with E-state index in [4.69, 9.17) is 9.41 Å². The number of amides is 2. The number of piperazine rings is 1. The van der Waals surface area contributed by atoms with E-state index >= 15 is 0 Å². The molecule has 2 heterocycles. The number of nitrogens with one attached hydrogen (secondary N) is 2. The maximum atomic E-state index is 12.5. The number of anilines is 1. The molecule has 1 aliphatic heterocycles. The van der Waals surface area contributed by atoms with Crippen LogP contribution in [0.2, 0.25) is 0 Å². The van der Waals surface area contributed by atoms with Gasteiger partial charge in [-0.3, -0.25) is 9.59 Å². The second-order valence-electron chi connectivity index (χ2n) is 8.27. The molecule has 1 aliphatic rings. The third kappa shape index (κ3) is 6.60. The number of furan rings is 1. The molecule has 2 N–H and O–H groups in total. The van der Waals surface area contributed by atoms with Gasteiger partial charge in [0.1, 0.15) is 0 Å². The molecule has 32 heavy (non-hydrogen) atoms. The number of carbonyl (C=O) groups is 2. The lowest BCUT2D eigenvalue weighted by molar-refractivity contribution is -0.116. The normalized spacial score (nSPS) is 14.6. The van der Waals surface area contributed by atoms with E-state index < -0.39 is 0 Å². The first-order chi connectivity index (χ1) is 15.5. The van der Waals surface area contributed by atoms with Crippen LogP contribution in [0.3, 0.4) is 0 Å². The summed E-state index contributed by atoms with van der Waals surface area (Å²) in [4.78, 5) is 33.3. The van der Waals surface area contributed by atoms with Gasteiger partial charge < -0.3 is 24.9 Å². The van der Waals surface area contributed by atoms with E-state index in [0.29, 0.717) is 50.8 Å². The molecule has 0 unspecified atom stereocenters. The van der Waals surface area contributed by atoms with Gasteiger partial charge in [0.25, 0.3) is 5.91 Å². The first kappa shape index (κ1) is 23.4. The highest BCUT2D eigenvalue weighted by Gasteiger charge is 2.25. The summed E-state index contributed by atoms with van der Waals surface area (Å²) in [7, 11) is 0. The van der Waals surface area contributed by atoms with Crippen LogP contribution in [0.5, 0.6) is 0 Å². The minimum absolute atomic E-state index is 0.0240. The Balaban J connectivity index is 1.59. The van der Waals surface area contributed by atoms with Gasteiger partial charge in [-0.25, -0.2) is 4.99 Å². The van der Waals surface area contributed by atoms with Crippen molar-refractivity contribution in [2.75, 3.05) is 38.0 Å². The number of aliphatic imine (C=N–C) groups is 1. The highest BCUT2D eigenvalue weighted by atomic mass is 16.3. The zero-order valence-corrected chi connectivity index (χ0v) is 19.1. The fraction of sp³-hybridized carbons (Fsp3) is 0.458. The molecule has 8 heteroatoms. The van der Waals surface area contributed by atoms with Crippen molar-refractivity contribution in [3.05, 3.63) is 54.0 Å². The molecule has 1 fully saturated rings. The number of carbonyl (C=O) groups excluding carboxylic acids is 2. The summed E-state index contributed by atoms with van der Waals surface area (Å²) in [6.07, 6.45) is 2.02. The molecule has 0 bridgehead atoms. The summed E-state index contributed by atoms with van der Waals surface area (Å²) in [5, 5.41) is 6.31. The quantitative estimate of drug-likeness (QED) is 0.511. The predicted octanol–water partition coefficient (Wildman–Crippen LogP) is 3.19. The maximum Gasteiger partial charge on any atom is 0.289 e. The lowest BCUT2D eigenvalue weighted by atomic mass is 10.1. The number of nitrogens with zero attached hydrogens (tertiary/aromatic N) is 3. The molecule has 172 valence electrons. The zero-order chi connectivity index (χ0) is 22.9. The van der Waals surface area contributed by atoms with E-state index in [-0.39, 0.29) is 11.8 Å². The molecule has 0 atom stereocenters. The number of hydrogen-bond acceptors (Lipinski definition) is 4. The number of rotatable bonds is 7. The van der Waals surface area contributed by atoms with Crippen LogP contribution in [-0.4, -0.2) is 60.3 Å². The average Bonchev–Trinajstić information content (AvgIpc) is 3.31. The van der Waals surface area contributed by atoms with Crippen molar-refractivity contribution < 1.29 is 14.0 Å². The van der Waals surface area contributed by atoms with Crippen molar-refractivity contribution in [3.63, 3.8) is 0 Å². The smallest absolute Gasteiger partial charge is 0.289 e. The second kappa shape index (κ2) is 11.4. The Bertz CT molecular complexity index is 915. The predicted molar refractivity (Wildman–Crippen MR) is 126 cm³/mol. The molecule has 1 aromatic carbocycles. The van der Waals surface area contributed by atoms with Gasteiger partial charge in [0, 0.05) is 44.8 Å². The van der Waals surface area contributed by atoms with Crippen molar-refractivity contribution >= 4 is 23.5 Å². The van der Waals surface area contributed by atoms with Gasteiger partial charge in [0.05, 0.1) is 12.8 Å². The Morgan fingerprint density at radius 1 is 1.09 bits per heavy atom. The standard InChI is InChI=1S/C24H33N5O3/c1-4-25-24(29-12-10-28(11-13-29)23(31)21-9-6-14-32-21)26-17-19-7-5-8-20(16-19)27-22(30)15-18(2)3/h5-9,14,16,18H,4,10-13,15,17H2,1-3H3,(H,25,26)(H,27,30). The van der Waals surface area contributed by atoms with Crippen LogP contribution in [0, 0.1) is 5.92 Å². The van der Waals surface area contributed by atoms with Crippen LogP contribution in [0.1, 0.15) is 43.3 Å². The van der Waals surface area contributed by atoms with E-state index in [9.17, 15) is 9.59 Å². The van der Waals surface area contributed by atoms with E-state index in [1.54, 1.807) is 12.1 Å². The molecule has 3 rings (SSSR count). The van der Waals surface area contributed by atoms with E-state index in [2.05, 4.69) is 15.5 Å². The highest BCUT2D eigenvalue weighted by molar-refractivity contribution is 5.92. The summed E-state index contributed by atoms with van der Waals surface area (Å²) in [5.74, 6) is 1.47. The van der Waals surface area contributed by atoms with Gasteiger partial charge in [-0.1, -0.05) is 26.0 Å². The fourth-order valence-corrected chi connectivity index (χ4v) is 3.60. The lowest BCUT2D eigenvalue weighted by Gasteiger charge is -2.36. The Labute approximate surface area is 189 Å². The van der Waals surface area contributed by atoms with Gasteiger partial charge in [0.2, 0.25) is 5.91 Å². The molecular weight excluding hydrogens is 406 g/mol. The number of guanidine groups is 1. The summed E-state index contributed by atoms with van der Waals surface area (Å²) >= 11 is 0. The summed E-state index contributed by atoms with van der Waals surface area (Å²) < 4.78 is 5.23. The van der Waals surface area contributed by atoms with Crippen LogP contribution < -0.4 is 10.6 Å². The monoisotopic (exact) mass is 439 g/mol. The van der Waals surface area contributed by atoms with Crippen LogP contribution in [0.4, 0.5) is 5.69 Å². The Hall–Kier alpha value is -3.29. The van der Waals surface area contributed by atoms with Crippen molar-refractivity contribution in [1.82, 2.24) is 15.1 Å². The minimum atomic E-state index is -0.0760. The van der Waals surface area contributed by atoms with Crippen LogP contribution in [0.25, 0.3) is 0 Å². The molecular formula is C24H33N5O3. The zero-order valence-electron chi connectivity index (χ0n) is 19.1. The van der Waals surface area contributed by atoms with Crippen LogP contribution >= 0.6 is 0 Å². The summed E-state index contributed by atoms with van der Waals surface area (Å²) in [6.45, 7) is 9.98. The SMILES string of the molecule is CCNC(=NCc1cccc(NC(=O)CC(C)C)c1)N1CCN(C(=O)c2ccco2)CC1. The van der Waals surface area contributed by atoms with Crippen LogP contribution in [-0.2, 0) is 11.3 Å². The van der Waals surface area contributed by atoms with Crippen LogP contribution in [0.15, 0.2) is 52.1 Å². The molecule has 8 nitrogen and oxygen atoms in total. The molecule has 2 aromatic rings. The van der Waals surface area contributed by atoms with Gasteiger partial charge >= 0.3 is 0 Å². The molecule has 1 saturated heterocycles.